The minimum Gasteiger partial charge on any atom is -0.466 e. The monoisotopic (exact) mass is 406 g/mol. The van der Waals surface area contributed by atoms with E-state index in [-0.39, 0.29) is 35.5 Å². The van der Waals surface area contributed by atoms with Crippen LogP contribution in [-0.4, -0.2) is 32.3 Å². The van der Waals surface area contributed by atoms with Gasteiger partial charge in [-0.3, -0.25) is 0 Å². The molecule has 0 aromatic heterocycles. The van der Waals surface area contributed by atoms with Crippen molar-refractivity contribution in [1.29, 1.82) is 5.26 Å². The Bertz CT molecular complexity index is 902. The van der Waals surface area contributed by atoms with Crippen LogP contribution in [0.4, 0.5) is 8.78 Å². The van der Waals surface area contributed by atoms with Crippen molar-refractivity contribution in [3.05, 3.63) is 52.4 Å². The first kappa shape index (κ1) is 21.9. The third-order valence-electron chi connectivity index (χ3n) is 4.28. The lowest BCUT2D eigenvalue weighted by Crippen LogP contribution is -2.32. The van der Waals surface area contributed by atoms with E-state index >= 15 is 0 Å². The van der Waals surface area contributed by atoms with Crippen LogP contribution in [0.15, 0.2) is 46.8 Å². The number of allylic oxidation sites excluding steroid dienone is 2. The molecule has 0 saturated carbocycles. The number of para-hydroxylation sites is 1. The van der Waals surface area contributed by atoms with Crippen molar-refractivity contribution in [2.24, 2.45) is 0 Å². The van der Waals surface area contributed by atoms with Crippen molar-refractivity contribution in [3.8, 4) is 11.8 Å². The molecule has 1 heterocycles. The van der Waals surface area contributed by atoms with E-state index in [9.17, 15) is 18.4 Å². The molecule has 1 aliphatic rings. The summed E-state index contributed by atoms with van der Waals surface area (Å²) in [5.41, 5.74) is 1.07. The van der Waals surface area contributed by atoms with Gasteiger partial charge in [-0.2, -0.15) is 14.0 Å². The number of hydrogen-bond acceptors (Lipinski definition) is 7. The highest BCUT2D eigenvalue weighted by Crippen LogP contribution is 2.43. The standard InChI is InChI=1S/C20H20F2N2O5/c1-11-15(18(25)27-3)17(13-7-4-5-8-14(13)29-20(21)22)16(12(2)24-11)19(26)28-10-6-9-23/h4-5,7-8,17,20,24H,6,10H2,1-3H3. The average Bonchev–Trinajstić information content (AvgIpc) is 2.67. The third-order valence-corrected chi connectivity index (χ3v) is 4.28. The molecule has 0 saturated heterocycles. The second kappa shape index (κ2) is 9.68. The summed E-state index contributed by atoms with van der Waals surface area (Å²) in [4.78, 5) is 25.3. The van der Waals surface area contributed by atoms with Gasteiger partial charge in [0.15, 0.2) is 0 Å². The zero-order valence-electron chi connectivity index (χ0n) is 16.1. The number of esters is 2. The second-order valence-corrected chi connectivity index (χ2v) is 6.09. The average molecular weight is 406 g/mol. The summed E-state index contributed by atoms with van der Waals surface area (Å²) in [5.74, 6) is -2.76. The van der Waals surface area contributed by atoms with E-state index in [2.05, 4.69) is 10.1 Å². The summed E-state index contributed by atoms with van der Waals surface area (Å²) in [6.45, 7) is -0.0377. The Hall–Kier alpha value is -3.41. The van der Waals surface area contributed by atoms with E-state index < -0.39 is 24.5 Å². The summed E-state index contributed by atoms with van der Waals surface area (Å²) in [6.07, 6.45) is -0.0139. The van der Waals surface area contributed by atoms with Gasteiger partial charge >= 0.3 is 18.6 Å². The van der Waals surface area contributed by atoms with Gasteiger partial charge in [0.25, 0.3) is 0 Å². The van der Waals surface area contributed by atoms with Gasteiger partial charge in [-0.1, -0.05) is 18.2 Å². The number of nitriles is 1. The molecule has 0 aliphatic carbocycles. The third kappa shape index (κ3) is 4.90. The Balaban J connectivity index is 2.64. The fourth-order valence-electron chi connectivity index (χ4n) is 3.15. The molecule has 1 N–H and O–H groups in total. The molecule has 29 heavy (non-hydrogen) atoms. The second-order valence-electron chi connectivity index (χ2n) is 6.09. The van der Waals surface area contributed by atoms with E-state index in [0.29, 0.717) is 11.4 Å². The minimum atomic E-state index is -3.10. The molecule has 0 amide bonds. The number of ether oxygens (including phenoxy) is 3. The molecule has 1 atom stereocenters. The van der Waals surface area contributed by atoms with Crippen molar-refractivity contribution in [2.75, 3.05) is 13.7 Å². The van der Waals surface area contributed by atoms with Gasteiger partial charge in [-0.05, 0) is 19.9 Å². The van der Waals surface area contributed by atoms with Crippen LogP contribution in [-0.2, 0) is 19.1 Å². The Morgan fingerprint density at radius 3 is 2.38 bits per heavy atom. The quantitative estimate of drug-likeness (QED) is 0.549. The molecule has 1 unspecified atom stereocenters. The SMILES string of the molecule is COC(=O)C1=C(C)NC(C)=C(C(=O)OCCC#N)C1c1ccccc1OC(F)F. The van der Waals surface area contributed by atoms with Gasteiger partial charge in [0.2, 0.25) is 0 Å². The lowest BCUT2D eigenvalue weighted by atomic mass is 9.80. The molecule has 1 aliphatic heterocycles. The van der Waals surface area contributed by atoms with Crippen LogP contribution in [0.5, 0.6) is 5.75 Å². The Morgan fingerprint density at radius 2 is 1.79 bits per heavy atom. The molecule has 154 valence electrons. The van der Waals surface area contributed by atoms with Gasteiger partial charge in [-0.25, -0.2) is 9.59 Å². The maximum Gasteiger partial charge on any atom is 0.387 e. The highest BCUT2D eigenvalue weighted by atomic mass is 19.3. The number of alkyl halides is 2. The first-order valence-corrected chi connectivity index (χ1v) is 8.66. The van der Waals surface area contributed by atoms with E-state index in [1.165, 1.54) is 25.3 Å². The van der Waals surface area contributed by atoms with Gasteiger partial charge in [0.05, 0.1) is 36.7 Å². The number of methoxy groups -OCH3 is 1. The maximum atomic E-state index is 12.9. The summed E-state index contributed by atoms with van der Waals surface area (Å²) in [6, 6.07) is 7.74. The Labute approximate surface area is 166 Å². The molecule has 7 nitrogen and oxygen atoms in total. The van der Waals surface area contributed by atoms with E-state index in [1.54, 1.807) is 19.9 Å². The Kier molecular flexibility index (Phi) is 7.31. The van der Waals surface area contributed by atoms with Gasteiger partial charge < -0.3 is 19.5 Å². The van der Waals surface area contributed by atoms with Crippen LogP contribution in [0, 0.1) is 11.3 Å². The molecular weight excluding hydrogens is 386 g/mol. The number of nitrogens with one attached hydrogen (secondary N) is 1. The van der Waals surface area contributed by atoms with Crippen LogP contribution < -0.4 is 10.1 Å². The molecule has 0 radical (unpaired) electrons. The van der Waals surface area contributed by atoms with E-state index in [1.807, 2.05) is 6.07 Å². The number of carbonyl (C=O) groups is 2. The van der Waals surface area contributed by atoms with Crippen LogP contribution >= 0.6 is 0 Å². The summed E-state index contributed by atoms with van der Waals surface area (Å²) < 4.78 is 40.5. The fraction of sp³-hybridized carbons (Fsp3) is 0.350. The number of benzene rings is 1. The first-order valence-electron chi connectivity index (χ1n) is 8.66. The predicted octanol–water partition coefficient (Wildman–Crippen LogP) is 3.15. The topological polar surface area (TPSA) is 97.6 Å². The molecule has 1 aromatic carbocycles. The van der Waals surface area contributed by atoms with E-state index in [0.717, 1.165) is 0 Å². The molecule has 1 aromatic rings. The van der Waals surface area contributed by atoms with Gasteiger partial charge in [0, 0.05) is 17.0 Å². The van der Waals surface area contributed by atoms with E-state index in [4.69, 9.17) is 14.7 Å². The van der Waals surface area contributed by atoms with Gasteiger partial charge in [-0.15, -0.1) is 0 Å². The van der Waals surface area contributed by atoms with Crippen LogP contribution in [0.2, 0.25) is 0 Å². The van der Waals surface area contributed by atoms with Crippen LogP contribution in [0.1, 0.15) is 31.7 Å². The van der Waals surface area contributed by atoms with Crippen LogP contribution in [0.3, 0.4) is 0 Å². The fourth-order valence-corrected chi connectivity index (χ4v) is 3.15. The molecule has 9 heteroatoms. The number of halogens is 2. The van der Waals surface area contributed by atoms with Crippen molar-refractivity contribution < 1.29 is 32.6 Å². The number of carbonyl (C=O) groups excluding carboxylic acids is 2. The van der Waals surface area contributed by atoms with Gasteiger partial charge in [0.1, 0.15) is 12.4 Å². The highest BCUT2D eigenvalue weighted by Gasteiger charge is 2.39. The lowest BCUT2D eigenvalue weighted by Gasteiger charge is -2.31. The summed E-state index contributed by atoms with van der Waals surface area (Å²) in [5, 5.41) is 11.6. The van der Waals surface area contributed by atoms with Crippen molar-refractivity contribution >= 4 is 11.9 Å². The molecule has 0 bridgehead atoms. The maximum absolute atomic E-state index is 12.9. The smallest absolute Gasteiger partial charge is 0.387 e. The zero-order valence-corrected chi connectivity index (χ0v) is 16.1. The molecule has 2 rings (SSSR count). The predicted molar refractivity (Wildman–Crippen MR) is 97.6 cm³/mol. The lowest BCUT2D eigenvalue weighted by molar-refractivity contribution is -0.139. The zero-order chi connectivity index (χ0) is 21.6. The number of rotatable bonds is 7. The van der Waals surface area contributed by atoms with Crippen molar-refractivity contribution in [3.63, 3.8) is 0 Å². The molecular formula is C20H20F2N2O5. The summed E-state index contributed by atoms with van der Waals surface area (Å²) >= 11 is 0. The number of hydrogen-bond donors (Lipinski definition) is 1. The number of dihydropyridines is 1. The normalized spacial score (nSPS) is 16.2. The molecule has 0 spiro atoms. The first-order chi connectivity index (χ1) is 13.8. The minimum absolute atomic E-state index is 0.0139. The Morgan fingerprint density at radius 1 is 1.17 bits per heavy atom. The van der Waals surface area contributed by atoms with Crippen molar-refractivity contribution in [2.45, 2.75) is 32.8 Å². The summed E-state index contributed by atoms with van der Waals surface area (Å²) in [7, 11) is 1.18. The molecule has 0 fully saturated rings. The van der Waals surface area contributed by atoms with Crippen molar-refractivity contribution in [1.82, 2.24) is 5.32 Å². The number of nitrogens with zero attached hydrogens (tertiary/aromatic N) is 1. The largest absolute Gasteiger partial charge is 0.466 e. The highest BCUT2D eigenvalue weighted by molar-refractivity contribution is 6.00. The van der Waals surface area contributed by atoms with Crippen LogP contribution in [0.25, 0.3) is 0 Å².